The molecule has 0 aliphatic heterocycles. The predicted octanol–water partition coefficient (Wildman–Crippen LogP) is 2.48. The fraction of sp³-hybridized carbons (Fsp3) is 0.500. The quantitative estimate of drug-likeness (QED) is 0.939. The minimum Gasteiger partial charge on any atom is -0.377 e. The lowest BCUT2D eigenvalue weighted by Gasteiger charge is -2.25. The van der Waals surface area contributed by atoms with Crippen LogP contribution >= 0.6 is 0 Å². The highest BCUT2D eigenvalue weighted by Gasteiger charge is 2.23. The van der Waals surface area contributed by atoms with Crippen molar-refractivity contribution in [1.29, 1.82) is 0 Å². The molecule has 21 heavy (non-hydrogen) atoms. The van der Waals surface area contributed by atoms with Gasteiger partial charge in [0.1, 0.15) is 0 Å². The van der Waals surface area contributed by atoms with E-state index in [1.165, 1.54) is 17.7 Å². The summed E-state index contributed by atoms with van der Waals surface area (Å²) in [6.07, 6.45) is 8.22. The van der Waals surface area contributed by atoms with Gasteiger partial charge in [-0.05, 0) is 31.7 Å². The van der Waals surface area contributed by atoms with Gasteiger partial charge >= 0.3 is 0 Å². The van der Waals surface area contributed by atoms with Crippen LogP contribution < -0.4 is 10.9 Å². The van der Waals surface area contributed by atoms with Gasteiger partial charge in [0.05, 0.1) is 17.9 Å². The summed E-state index contributed by atoms with van der Waals surface area (Å²) in [4.78, 5) is 11.8. The van der Waals surface area contributed by atoms with E-state index in [0.717, 1.165) is 31.5 Å². The van der Waals surface area contributed by atoms with Crippen LogP contribution in [-0.4, -0.2) is 14.3 Å². The van der Waals surface area contributed by atoms with Crippen molar-refractivity contribution in [2.75, 3.05) is 5.32 Å². The van der Waals surface area contributed by atoms with Gasteiger partial charge in [0.2, 0.25) is 0 Å². The Kier molecular flexibility index (Phi) is 3.82. The zero-order chi connectivity index (χ0) is 14.8. The highest BCUT2D eigenvalue weighted by Crippen LogP contribution is 2.31. The first-order chi connectivity index (χ1) is 10.2. The lowest BCUT2D eigenvalue weighted by Crippen LogP contribution is -2.21. The Labute approximate surface area is 124 Å². The number of hydrogen-bond donors (Lipinski definition) is 1. The number of nitrogens with zero attached hydrogens (tertiary/aromatic N) is 3. The van der Waals surface area contributed by atoms with E-state index in [1.807, 2.05) is 30.2 Å². The van der Waals surface area contributed by atoms with Crippen molar-refractivity contribution in [2.45, 2.75) is 45.2 Å². The molecule has 2 heterocycles. The van der Waals surface area contributed by atoms with Crippen LogP contribution in [0.25, 0.3) is 0 Å². The molecule has 0 fully saturated rings. The molecule has 0 spiro atoms. The van der Waals surface area contributed by atoms with E-state index in [0.29, 0.717) is 0 Å². The second kappa shape index (κ2) is 5.76. The summed E-state index contributed by atoms with van der Waals surface area (Å²) >= 11 is 0. The van der Waals surface area contributed by atoms with Crippen LogP contribution in [0.4, 0.5) is 5.69 Å². The lowest BCUT2D eigenvalue weighted by molar-refractivity contribution is 0.570. The van der Waals surface area contributed by atoms with E-state index in [2.05, 4.69) is 17.3 Å². The first-order valence-corrected chi connectivity index (χ1v) is 7.67. The van der Waals surface area contributed by atoms with Crippen LogP contribution in [0.15, 0.2) is 29.3 Å². The van der Waals surface area contributed by atoms with E-state index >= 15 is 0 Å². The SMILES string of the molecule is CCCn1cc(NC2CCCc3c2cnn3C)ccc1=O. The molecular formula is C16H22N4O. The molecule has 1 aliphatic carbocycles. The number of aryl methyl sites for hydroxylation is 2. The van der Waals surface area contributed by atoms with Crippen molar-refractivity contribution in [3.05, 3.63) is 46.1 Å². The molecule has 1 atom stereocenters. The average Bonchev–Trinajstić information content (AvgIpc) is 2.86. The molecule has 0 radical (unpaired) electrons. The fourth-order valence-corrected chi connectivity index (χ4v) is 3.09. The highest BCUT2D eigenvalue weighted by molar-refractivity contribution is 5.44. The third kappa shape index (κ3) is 2.73. The molecule has 3 rings (SSSR count). The van der Waals surface area contributed by atoms with E-state index in [-0.39, 0.29) is 11.6 Å². The zero-order valence-electron chi connectivity index (χ0n) is 12.7. The van der Waals surface area contributed by atoms with E-state index in [1.54, 1.807) is 10.6 Å². The van der Waals surface area contributed by atoms with Crippen molar-refractivity contribution in [3.8, 4) is 0 Å². The van der Waals surface area contributed by atoms with Gasteiger partial charge in [0.25, 0.3) is 5.56 Å². The van der Waals surface area contributed by atoms with Gasteiger partial charge in [-0.15, -0.1) is 0 Å². The molecule has 5 nitrogen and oxygen atoms in total. The Bertz CT molecular complexity index is 686. The standard InChI is InChI=1S/C16H22N4O/c1-3-9-20-11-12(7-8-16(20)21)18-14-5-4-6-15-13(14)10-17-19(15)2/h7-8,10-11,14,18H,3-6,9H2,1-2H3. The van der Waals surface area contributed by atoms with Crippen molar-refractivity contribution in [3.63, 3.8) is 0 Å². The molecule has 0 bridgehead atoms. The molecule has 1 N–H and O–H groups in total. The topological polar surface area (TPSA) is 51.9 Å². The largest absolute Gasteiger partial charge is 0.377 e. The van der Waals surface area contributed by atoms with E-state index in [4.69, 9.17) is 0 Å². The Balaban J connectivity index is 1.84. The first-order valence-electron chi connectivity index (χ1n) is 7.67. The van der Waals surface area contributed by atoms with Crippen molar-refractivity contribution < 1.29 is 0 Å². The van der Waals surface area contributed by atoms with Crippen LogP contribution in [-0.2, 0) is 20.0 Å². The molecule has 2 aromatic rings. The molecule has 0 aromatic carbocycles. The maximum Gasteiger partial charge on any atom is 0.250 e. The molecule has 0 saturated carbocycles. The predicted molar refractivity (Wildman–Crippen MR) is 83.5 cm³/mol. The molecular weight excluding hydrogens is 264 g/mol. The summed E-state index contributed by atoms with van der Waals surface area (Å²) in [6.45, 7) is 2.84. The second-order valence-corrected chi connectivity index (χ2v) is 5.71. The van der Waals surface area contributed by atoms with E-state index < -0.39 is 0 Å². The Morgan fingerprint density at radius 3 is 3.10 bits per heavy atom. The minimum atomic E-state index is 0.0631. The molecule has 5 heteroatoms. The number of rotatable bonds is 4. The van der Waals surface area contributed by atoms with Crippen LogP contribution in [0.5, 0.6) is 0 Å². The third-order valence-electron chi connectivity index (χ3n) is 4.16. The molecule has 1 aliphatic rings. The maximum absolute atomic E-state index is 11.8. The average molecular weight is 286 g/mol. The number of hydrogen-bond acceptors (Lipinski definition) is 3. The number of anilines is 1. The van der Waals surface area contributed by atoms with Crippen LogP contribution in [0.2, 0.25) is 0 Å². The van der Waals surface area contributed by atoms with Crippen molar-refractivity contribution in [1.82, 2.24) is 14.3 Å². The van der Waals surface area contributed by atoms with Crippen molar-refractivity contribution >= 4 is 5.69 Å². The Hall–Kier alpha value is -2.04. The fourth-order valence-electron chi connectivity index (χ4n) is 3.09. The van der Waals surface area contributed by atoms with Gasteiger partial charge in [-0.25, -0.2) is 0 Å². The number of aromatic nitrogens is 3. The monoisotopic (exact) mass is 286 g/mol. The first kappa shape index (κ1) is 13.9. The highest BCUT2D eigenvalue weighted by atomic mass is 16.1. The summed E-state index contributed by atoms with van der Waals surface area (Å²) in [5.74, 6) is 0. The second-order valence-electron chi connectivity index (χ2n) is 5.71. The van der Waals surface area contributed by atoms with Gasteiger partial charge < -0.3 is 9.88 Å². The molecule has 1 unspecified atom stereocenters. The number of pyridine rings is 1. The summed E-state index contributed by atoms with van der Waals surface area (Å²) in [5.41, 5.74) is 3.68. The third-order valence-corrected chi connectivity index (χ3v) is 4.16. The summed E-state index contributed by atoms with van der Waals surface area (Å²) in [7, 11) is 2.00. The zero-order valence-corrected chi connectivity index (χ0v) is 12.7. The normalized spacial score (nSPS) is 17.5. The molecule has 2 aromatic heterocycles. The molecule has 0 amide bonds. The Morgan fingerprint density at radius 2 is 2.29 bits per heavy atom. The molecule has 112 valence electrons. The van der Waals surface area contributed by atoms with Crippen LogP contribution in [0.3, 0.4) is 0 Å². The van der Waals surface area contributed by atoms with Crippen LogP contribution in [0, 0.1) is 0 Å². The van der Waals surface area contributed by atoms with Crippen LogP contribution in [0.1, 0.15) is 43.5 Å². The van der Waals surface area contributed by atoms with Crippen molar-refractivity contribution in [2.24, 2.45) is 7.05 Å². The molecule has 0 saturated heterocycles. The Morgan fingerprint density at radius 1 is 1.43 bits per heavy atom. The van der Waals surface area contributed by atoms with E-state index in [9.17, 15) is 4.79 Å². The number of nitrogens with one attached hydrogen (secondary N) is 1. The van der Waals surface area contributed by atoms with Gasteiger partial charge in [0.15, 0.2) is 0 Å². The number of fused-ring (bicyclic) bond motifs is 1. The smallest absolute Gasteiger partial charge is 0.250 e. The van der Waals surface area contributed by atoms with Gasteiger partial charge in [-0.1, -0.05) is 6.92 Å². The van der Waals surface area contributed by atoms with Gasteiger partial charge in [0, 0.05) is 37.1 Å². The minimum absolute atomic E-state index is 0.0631. The summed E-state index contributed by atoms with van der Waals surface area (Å²) < 4.78 is 3.75. The lowest BCUT2D eigenvalue weighted by atomic mass is 9.93. The van der Waals surface area contributed by atoms with Gasteiger partial charge in [-0.2, -0.15) is 5.10 Å². The van der Waals surface area contributed by atoms with Gasteiger partial charge in [-0.3, -0.25) is 9.48 Å². The maximum atomic E-state index is 11.8. The summed E-state index contributed by atoms with van der Waals surface area (Å²) in [6, 6.07) is 3.81. The summed E-state index contributed by atoms with van der Waals surface area (Å²) in [5, 5.41) is 7.94.